The van der Waals surface area contributed by atoms with Crippen molar-refractivity contribution >= 4 is 12.4 Å². The summed E-state index contributed by atoms with van der Waals surface area (Å²) in [6, 6.07) is 11.9. The Bertz CT molecular complexity index is 550. The molecule has 0 fully saturated rings. The number of hydrogen-bond donors (Lipinski definition) is 0. The summed E-state index contributed by atoms with van der Waals surface area (Å²) in [5, 5.41) is 0. The molecule has 0 amide bonds. The summed E-state index contributed by atoms with van der Waals surface area (Å²) in [6.07, 6.45) is 8.34. The minimum atomic E-state index is 0.412. The predicted octanol–water partition coefficient (Wildman–Crippen LogP) is 3.26. The molecule has 3 nitrogen and oxygen atoms in total. The second-order valence-corrected chi connectivity index (χ2v) is 4.03. The highest BCUT2D eigenvalue weighted by molar-refractivity contribution is 5.58. The van der Waals surface area contributed by atoms with Gasteiger partial charge >= 0.3 is 0 Å². The quantitative estimate of drug-likeness (QED) is 0.742. The van der Waals surface area contributed by atoms with Gasteiger partial charge in [-0.3, -0.25) is 4.98 Å². The van der Waals surface area contributed by atoms with Crippen LogP contribution in [0.15, 0.2) is 54.9 Å². The first-order valence-corrected chi connectivity index (χ1v) is 6.10. The van der Waals surface area contributed by atoms with Crippen molar-refractivity contribution in [3.63, 3.8) is 0 Å². The third kappa shape index (κ3) is 4.39. The highest BCUT2D eigenvalue weighted by Gasteiger charge is 1.97. The van der Waals surface area contributed by atoms with Crippen LogP contribution in [-0.4, -0.2) is 11.3 Å². The van der Waals surface area contributed by atoms with E-state index in [1.54, 1.807) is 18.5 Å². The Labute approximate surface area is 112 Å². The summed E-state index contributed by atoms with van der Waals surface area (Å²) in [7, 11) is 0. The molecule has 96 valence electrons. The van der Waals surface area contributed by atoms with E-state index in [4.69, 9.17) is 4.74 Å². The Morgan fingerprint density at radius 3 is 2.79 bits per heavy atom. The highest BCUT2D eigenvalue weighted by Crippen LogP contribution is 2.14. The molecule has 0 aliphatic heterocycles. The first-order chi connectivity index (χ1) is 9.38. The highest BCUT2D eigenvalue weighted by atomic mass is 16.5. The number of allylic oxidation sites excluding steroid dienone is 1. The Kier molecular flexibility index (Phi) is 4.87. The van der Waals surface area contributed by atoms with E-state index in [1.165, 1.54) is 0 Å². The summed E-state index contributed by atoms with van der Waals surface area (Å²) < 4.78 is 5.67. The lowest BCUT2D eigenvalue weighted by molar-refractivity contribution is -0.107. The summed E-state index contributed by atoms with van der Waals surface area (Å²) in [6.45, 7) is 0.518. The first-order valence-electron chi connectivity index (χ1n) is 6.10. The summed E-state index contributed by atoms with van der Waals surface area (Å²) in [4.78, 5) is 14.3. The van der Waals surface area contributed by atoms with Gasteiger partial charge in [-0.1, -0.05) is 42.5 Å². The normalized spacial score (nSPS) is 10.5. The molecule has 0 spiro atoms. The van der Waals surface area contributed by atoms with E-state index >= 15 is 0 Å². The van der Waals surface area contributed by atoms with Gasteiger partial charge in [0.1, 0.15) is 18.6 Å². The van der Waals surface area contributed by atoms with Gasteiger partial charge in [0.15, 0.2) is 0 Å². The van der Waals surface area contributed by atoms with Crippen molar-refractivity contribution in [2.45, 2.75) is 13.0 Å². The first kappa shape index (κ1) is 13.0. The number of ether oxygens (including phenoxy) is 1. The Hall–Kier alpha value is -2.42. The lowest BCUT2D eigenvalue weighted by Gasteiger charge is -2.06. The number of pyridine rings is 1. The maximum Gasteiger partial charge on any atom is 0.138 e. The Morgan fingerprint density at radius 2 is 2.00 bits per heavy atom. The molecule has 0 atom stereocenters. The van der Waals surface area contributed by atoms with Crippen LogP contribution in [-0.2, 0) is 11.4 Å². The van der Waals surface area contributed by atoms with Crippen LogP contribution >= 0.6 is 0 Å². The third-order valence-electron chi connectivity index (χ3n) is 2.53. The predicted molar refractivity (Wildman–Crippen MR) is 74.7 cm³/mol. The van der Waals surface area contributed by atoms with Crippen LogP contribution in [0.5, 0.6) is 5.75 Å². The molecule has 1 heterocycles. The maximum atomic E-state index is 10.2. The molecular weight excluding hydrogens is 238 g/mol. The fourth-order valence-electron chi connectivity index (χ4n) is 1.61. The molecule has 0 aliphatic rings. The zero-order chi connectivity index (χ0) is 13.3. The van der Waals surface area contributed by atoms with E-state index in [0.29, 0.717) is 13.0 Å². The van der Waals surface area contributed by atoms with Crippen molar-refractivity contribution in [2.24, 2.45) is 0 Å². The molecule has 0 saturated heterocycles. The average molecular weight is 253 g/mol. The van der Waals surface area contributed by atoms with Crippen LogP contribution in [0.2, 0.25) is 0 Å². The summed E-state index contributed by atoms with van der Waals surface area (Å²) in [5.41, 5.74) is 2.04. The standard InChI is InChI=1S/C16H15NO2/c18-9-5-4-8-15-10-16(12-17-11-15)19-13-14-6-2-1-3-7-14/h1-4,6-12H,5,13H2. The van der Waals surface area contributed by atoms with Gasteiger partial charge in [-0.15, -0.1) is 0 Å². The molecule has 2 rings (SSSR count). The molecule has 0 saturated carbocycles. The van der Waals surface area contributed by atoms with Crippen LogP contribution in [0, 0.1) is 0 Å². The molecular formula is C16H15NO2. The van der Waals surface area contributed by atoms with E-state index < -0.39 is 0 Å². The number of hydrogen-bond acceptors (Lipinski definition) is 3. The number of benzene rings is 1. The van der Waals surface area contributed by atoms with Gasteiger partial charge in [0, 0.05) is 12.6 Å². The van der Waals surface area contributed by atoms with Crippen molar-refractivity contribution in [2.75, 3.05) is 0 Å². The number of aldehydes is 1. The molecule has 0 bridgehead atoms. The van der Waals surface area contributed by atoms with Crippen molar-refractivity contribution < 1.29 is 9.53 Å². The van der Waals surface area contributed by atoms with Crippen LogP contribution < -0.4 is 4.74 Å². The summed E-state index contributed by atoms with van der Waals surface area (Å²) in [5.74, 6) is 0.720. The maximum absolute atomic E-state index is 10.2. The van der Waals surface area contributed by atoms with Gasteiger partial charge in [0.05, 0.1) is 6.20 Å². The topological polar surface area (TPSA) is 39.2 Å². The van der Waals surface area contributed by atoms with E-state index in [2.05, 4.69) is 4.98 Å². The molecule has 2 aromatic rings. The zero-order valence-electron chi connectivity index (χ0n) is 10.5. The molecule has 0 radical (unpaired) electrons. The average Bonchev–Trinajstić information content (AvgIpc) is 2.47. The molecule has 19 heavy (non-hydrogen) atoms. The van der Waals surface area contributed by atoms with E-state index in [9.17, 15) is 4.79 Å². The summed E-state index contributed by atoms with van der Waals surface area (Å²) >= 11 is 0. The van der Waals surface area contributed by atoms with Crippen molar-refractivity contribution in [1.29, 1.82) is 0 Å². The fourth-order valence-corrected chi connectivity index (χ4v) is 1.61. The second kappa shape index (κ2) is 7.11. The number of carbonyl (C=O) groups excluding carboxylic acids is 1. The van der Waals surface area contributed by atoms with Gasteiger partial charge in [-0.2, -0.15) is 0 Å². The minimum absolute atomic E-state index is 0.412. The Morgan fingerprint density at radius 1 is 1.16 bits per heavy atom. The van der Waals surface area contributed by atoms with Crippen LogP contribution in [0.3, 0.4) is 0 Å². The lowest BCUT2D eigenvalue weighted by Crippen LogP contribution is -1.95. The van der Waals surface area contributed by atoms with Gasteiger partial charge in [-0.05, 0) is 17.2 Å². The van der Waals surface area contributed by atoms with Crippen LogP contribution in [0.1, 0.15) is 17.5 Å². The molecule has 3 heteroatoms. The van der Waals surface area contributed by atoms with Gasteiger partial charge in [0.2, 0.25) is 0 Å². The number of nitrogens with zero attached hydrogens (tertiary/aromatic N) is 1. The minimum Gasteiger partial charge on any atom is -0.487 e. The molecule has 1 aromatic heterocycles. The second-order valence-electron chi connectivity index (χ2n) is 4.03. The largest absolute Gasteiger partial charge is 0.487 e. The third-order valence-corrected chi connectivity index (χ3v) is 2.53. The van der Waals surface area contributed by atoms with Crippen molar-refractivity contribution in [1.82, 2.24) is 4.98 Å². The molecule has 0 aliphatic carbocycles. The molecule has 0 N–H and O–H groups in total. The van der Waals surface area contributed by atoms with Gasteiger partial charge < -0.3 is 9.53 Å². The monoisotopic (exact) mass is 253 g/mol. The molecule has 0 unspecified atom stereocenters. The van der Waals surface area contributed by atoms with Crippen LogP contribution in [0.25, 0.3) is 6.08 Å². The number of aromatic nitrogens is 1. The van der Waals surface area contributed by atoms with E-state index in [1.807, 2.05) is 42.5 Å². The molecule has 1 aromatic carbocycles. The van der Waals surface area contributed by atoms with Crippen LogP contribution in [0.4, 0.5) is 0 Å². The SMILES string of the molecule is O=CCC=Cc1cncc(OCc2ccccc2)c1. The van der Waals surface area contributed by atoms with Gasteiger partial charge in [0.25, 0.3) is 0 Å². The van der Waals surface area contributed by atoms with Crippen molar-refractivity contribution in [3.05, 3.63) is 66.0 Å². The Balaban J connectivity index is 1.97. The van der Waals surface area contributed by atoms with Crippen molar-refractivity contribution in [3.8, 4) is 5.75 Å². The smallest absolute Gasteiger partial charge is 0.138 e. The van der Waals surface area contributed by atoms with E-state index in [0.717, 1.165) is 23.2 Å². The fraction of sp³-hybridized carbons (Fsp3) is 0.125. The van der Waals surface area contributed by atoms with E-state index in [-0.39, 0.29) is 0 Å². The van der Waals surface area contributed by atoms with Gasteiger partial charge in [-0.25, -0.2) is 0 Å². The zero-order valence-corrected chi connectivity index (χ0v) is 10.5. The number of carbonyl (C=O) groups is 1. The number of rotatable bonds is 6. The lowest BCUT2D eigenvalue weighted by atomic mass is 10.2.